The van der Waals surface area contributed by atoms with Gasteiger partial charge in [0, 0.05) is 6.54 Å². The van der Waals surface area contributed by atoms with Gasteiger partial charge in [0.2, 0.25) is 0 Å². The second-order valence-electron chi connectivity index (χ2n) is 4.33. The van der Waals surface area contributed by atoms with Crippen LogP contribution in [0.2, 0.25) is 0 Å². The second-order valence-corrected chi connectivity index (χ2v) is 4.33. The van der Waals surface area contributed by atoms with Gasteiger partial charge in [-0.1, -0.05) is 12.8 Å². The van der Waals surface area contributed by atoms with Crippen LogP contribution < -0.4 is 5.32 Å². The summed E-state index contributed by atoms with van der Waals surface area (Å²) < 4.78 is 0. The minimum Gasteiger partial charge on any atom is -0.388 e. The van der Waals surface area contributed by atoms with Crippen molar-refractivity contribution in [1.29, 1.82) is 5.26 Å². The predicted molar refractivity (Wildman–Crippen MR) is 60.9 cm³/mol. The molecule has 84 valence electrons. The quantitative estimate of drug-likeness (QED) is 0.808. The number of hydrogen-bond acceptors (Lipinski definition) is 4. The lowest BCUT2D eigenvalue weighted by molar-refractivity contribution is 0.0615. The van der Waals surface area contributed by atoms with Gasteiger partial charge in [-0.3, -0.25) is 0 Å². The van der Waals surface area contributed by atoms with Crippen LogP contribution in [0.1, 0.15) is 31.4 Å². The molecule has 1 fully saturated rings. The molecule has 0 aromatic carbocycles. The Bertz CT molecular complexity index is 388. The van der Waals surface area contributed by atoms with Gasteiger partial charge in [0.05, 0.1) is 17.5 Å². The molecule has 1 heterocycles. The van der Waals surface area contributed by atoms with E-state index in [-0.39, 0.29) is 0 Å². The Kier molecular flexibility index (Phi) is 3.07. The van der Waals surface area contributed by atoms with Gasteiger partial charge in [0.25, 0.3) is 0 Å². The van der Waals surface area contributed by atoms with E-state index in [0.29, 0.717) is 12.2 Å². The summed E-state index contributed by atoms with van der Waals surface area (Å²) in [6, 6.07) is 5.45. The molecule has 1 aromatic heterocycles. The molecule has 4 heteroatoms. The van der Waals surface area contributed by atoms with Gasteiger partial charge in [0.1, 0.15) is 11.8 Å². The van der Waals surface area contributed by atoms with E-state index in [1.54, 1.807) is 12.3 Å². The summed E-state index contributed by atoms with van der Waals surface area (Å²) >= 11 is 0. The lowest BCUT2D eigenvalue weighted by atomic mass is 10.0. The number of nitrogens with zero attached hydrogens (tertiary/aromatic N) is 2. The number of anilines is 1. The van der Waals surface area contributed by atoms with Crippen molar-refractivity contribution in [2.75, 3.05) is 11.9 Å². The van der Waals surface area contributed by atoms with Gasteiger partial charge in [-0.05, 0) is 25.0 Å². The molecule has 2 N–H and O–H groups in total. The number of nitriles is 1. The minimum atomic E-state index is -0.562. The number of hydrogen-bond donors (Lipinski definition) is 2. The molecule has 4 nitrogen and oxygen atoms in total. The fraction of sp³-hybridized carbons (Fsp3) is 0.500. The third kappa shape index (κ3) is 2.50. The van der Waals surface area contributed by atoms with E-state index in [0.717, 1.165) is 31.4 Å². The molecule has 1 saturated carbocycles. The van der Waals surface area contributed by atoms with Crippen molar-refractivity contribution in [3.8, 4) is 6.07 Å². The zero-order chi connectivity index (χ0) is 11.4. The summed E-state index contributed by atoms with van der Waals surface area (Å²) in [5.74, 6) is 0. The third-order valence-corrected chi connectivity index (χ3v) is 3.03. The van der Waals surface area contributed by atoms with E-state index in [9.17, 15) is 5.11 Å². The standard InChI is InChI=1S/C12H15N3O/c13-7-10-3-4-11(8-14-10)15-9-12(16)5-1-2-6-12/h3-4,8,15-16H,1-2,5-6,9H2. The van der Waals surface area contributed by atoms with Crippen LogP contribution in [0, 0.1) is 11.3 Å². The number of aliphatic hydroxyl groups is 1. The zero-order valence-electron chi connectivity index (χ0n) is 9.11. The Morgan fingerprint density at radius 2 is 2.19 bits per heavy atom. The molecule has 0 atom stereocenters. The van der Waals surface area contributed by atoms with E-state index in [1.807, 2.05) is 12.1 Å². The monoisotopic (exact) mass is 217 g/mol. The van der Waals surface area contributed by atoms with Crippen LogP contribution in [0.5, 0.6) is 0 Å². The first-order valence-electron chi connectivity index (χ1n) is 5.54. The first kappa shape index (κ1) is 10.9. The van der Waals surface area contributed by atoms with Crippen molar-refractivity contribution in [2.24, 2.45) is 0 Å². The summed E-state index contributed by atoms with van der Waals surface area (Å²) in [6.07, 6.45) is 5.55. The Labute approximate surface area is 94.9 Å². The molecule has 16 heavy (non-hydrogen) atoms. The van der Waals surface area contributed by atoms with Gasteiger partial charge in [-0.25, -0.2) is 4.98 Å². The molecule has 0 saturated heterocycles. The number of nitrogens with one attached hydrogen (secondary N) is 1. The average molecular weight is 217 g/mol. The van der Waals surface area contributed by atoms with Gasteiger partial charge in [0.15, 0.2) is 0 Å². The topological polar surface area (TPSA) is 68.9 Å². The smallest absolute Gasteiger partial charge is 0.140 e. The van der Waals surface area contributed by atoms with Crippen LogP contribution in [-0.4, -0.2) is 22.2 Å². The molecule has 1 aliphatic rings. The van der Waals surface area contributed by atoms with Crippen molar-refractivity contribution >= 4 is 5.69 Å². The Balaban J connectivity index is 1.92. The van der Waals surface area contributed by atoms with E-state index in [2.05, 4.69) is 10.3 Å². The van der Waals surface area contributed by atoms with Crippen molar-refractivity contribution in [1.82, 2.24) is 4.98 Å². The van der Waals surface area contributed by atoms with Crippen LogP contribution in [0.15, 0.2) is 18.3 Å². The van der Waals surface area contributed by atoms with Crippen LogP contribution in [0.4, 0.5) is 5.69 Å². The molecule has 2 rings (SSSR count). The highest BCUT2D eigenvalue weighted by Gasteiger charge is 2.30. The van der Waals surface area contributed by atoms with Gasteiger partial charge < -0.3 is 10.4 Å². The maximum absolute atomic E-state index is 10.1. The molecular weight excluding hydrogens is 202 g/mol. The lowest BCUT2D eigenvalue weighted by Gasteiger charge is -2.22. The largest absolute Gasteiger partial charge is 0.388 e. The summed E-state index contributed by atoms with van der Waals surface area (Å²) in [6.45, 7) is 0.556. The van der Waals surface area contributed by atoms with Crippen molar-refractivity contribution in [3.05, 3.63) is 24.0 Å². The maximum Gasteiger partial charge on any atom is 0.140 e. The van der Waals surface area contributed by atoms with Crippen molar-refractivity contribution in [2.45, 2.75) is 31.3 Å². The average Bonchev–Trinajstić information content (AvgIpc) is 2.75. The summed E-state index contributed by atoms with van der Waals surface area (Å²) in [4.78, 5) is 3.96. The van der Waals surface area contributed by atoms with E-state index in [4.69, 9.17) is 5.26 Å². The van der Waals surface area contributed by atoms with Gasteiger partial charge in [-0.15, -0.1) is 0 Å². The first-order valence-corrected chi connectivity index (χ1v) is 5.54. The minimum absolute atomic E-state index is 0.408. The molecule has 0 aliphatic heterocycles. The summed E-state index contributed by atoms with van der Waals surface area (Å²) in [5, 5.41) is 21.9. The van der Waals surface area contributed by atoms with E-state index >= 15 is 0 Å². The SMILES string of the molecule is N#Cc1ccc(NCC2(O)CCCC2)cn1. The highest BCUT2D eigenvalue weighted by atomic mass is 16.3. The highest BCUT2D eigenvalue weighted by molar-refractivity contribution is 5.43. The normalized spacial score (nSPS) is 18.0. The Morgan fingerprint density at radius 1 is 1.44 bits per heavy atom. The Hall–Kier alpha value is -1.60. The van der Waals surface area contributed by atoms with E-state index < -0.39 is 5.60 Å². The molecule has 0 bridgehead atoms. The molecule has 1 aromatic rings. The van der Waals surface area contributed by atoms with Gasteiger partial charge >= 0.3 is 0 Å². The van der Waals surface area contributed by atoms with Crippen LogP contribution in [0.25, 0.3) is 0 Å². The van der Waals surface area contributed by atoms with Crippen molar-refractivity contribution in [3.63, 3.8) is 0 Å². The Morgan fingerprint density at radius 3 is 2.75 bits per heavy atom. The summed E-state index contributed by atoms with van der Waals surface area (Å²) in [7, 11) is 0. The maximum atomic E-state index is 10.1. The fourth-order valence-corrected chi connectivity index (χ4v) is 2.04. The summed E-state index contributed by atoms with van der Waals surface area (Å²) in [5.41, 5.74) is 0.693. The van der Waals surface area contributed by atoms with E-state index in [1.165, 1.54) is 0 Å². The van der Waals surface area contributed by atoms with Crippen LogP contribution in [-0.2, 0) is 0 Å². The number of aromatic nitrogens is 1. The molecule has 0 spiro atoms. The fourth-order valence-electron chi connectivity index (χ4n) is 2.04. The molecule has 0 radical (unpaired) electrons. The number of pyridine rings is 1. The molecular formula is C12H15N3O. The lowest BCUT2D eigenvalue weighted by Crippen LogP contribution is -2.33. The molecule has 1 aliphatic carbocycles. The second kappa shape index (κ2) is 4.50. The number of rotatable bonds is 3. The zero-order valence-corrected chi connectivity index (χ0v) is 9.11. The predicted octanol–water partition coefficient (Wildman–Crippen LogP) is 1.67. The third-order valence-electron chi connectivity index (χ3n) is 3.03. The van der Waals surface area contributed by atoms with Crippen LogP contribution >= 0.6 is 0 Å². The van der Waals surface area contributed by atoms with Gasteiger partial charge in [-0.2, -0.15) is 5.26 Å². The highest BCUT2D eigenvalue weighted by Crippen LogP contribution is 2.29. The molecule has 0 amide bonds. The first-order chi connectivity index (χ1) is 7.72. The molecule has 0 unspecified atom stereocenters. The van der Waals surface area contributed by atoms with Crippen LogP contribution in [0.3, 0.4) is 0 Å². The van der Waals surface area contributed by atoms with Crippen molar-refractivity contribution < 1.29 is 5.11 Å².